The molecule has 0 atom stereocenters. The van der Waals surface area contributed by atoms with E-state index in [0.29, 0.717) is 28.0 Å². The Balaban J connectivity index is 1.62. The highest BCUT2D eigenvalue weighted by atomic mass is 16.5. The van der Waals surface area contributed by atoms with Gasteiger partial charge in [0.05, 0.1) is 11.5 Å². The minimum Gasteiger partial charge on any atom is -0.478 e. The summed E-state index contributed by atoms with van der Waals surface area (Å²) in [5.74, 6) is -0.858. The summed E-state index contributed by atoms with van der Waals surface area (Å²) in [6, 6.07) is 18.0. The molecule has 1 aliphatic rings. The lowest BCUT2D eigenvalue weighted by atomic mass is 9.89. The zero-order valence-corrected chi connectivity index (χ0v) is 17.0. The van der Waals surface area contributed by atoms with E-state index in [1.54, 1.807) is 30.3 Å². The zero-order valence-electron chi connectivity index (χ0n) is 17.0. The lowest BCUT2D eigenvalue weighted by Crippen LogP contribution is -2.22. The zero-order chi connectivity index (χ0) is 21.4. The molecule has 0 spiro atoms. The summed E-state index contributed by atoms with van der Waals surface area (Å²) in [5, 5.41) is 11.3. The molecule has 1 aromatic heterocycles. The Kier molecular flexibility index (Phi) is 4.94. The van der Waals surface area contributed by atoms with Gasteiger partial charge in [-0.3, -0.25) is 4.79 Å². The minimum absolute atomic E-state index is 0.0635. The molecule has 0 radical (unpaired) electrons. The van der Waals surface area contributed by atoms with Crippen LogP contribution in [-0.2, 0) is 4.79 Å². The van der Waals surface area contributed by atoms with Gasteiger partial charge in [-0.15, -0.1) is 0 Å². The fraction of sp³-hybridized carbons (Fsp3) is 0.231. The molecule has 0 saturated heterocycles. The molecule has 1 aliphatic carbocycles. The SMILES string of the molecule is O=C(O)c1ccccc1-c1cccc2c1oc1c(OC(=O)C3CCCCC3)cccc12. The molecule has 1 saturated carbocycles. The van der Waals surface area contributed by atoms with Crippen molar-refractivity contribution in [3.63, 3.8) is 0 Å². The molecular weight excluding hydrogens is 392 g/mol. The van der Waals surface area contributed by atoms with Crippen LogP contribution in [0.3, 0.4) is 0 Å². The first-order valence-electron chi connectivity index (χ1n) is 10.6. The van der Waals surface area contributed by atoms with Crippen LogP contribution in [0.15, 0.2) is 65.1 Å². The average molecular weight is 414 g/mol. The monoisotopic (exact) mass is 414 g/mol. The van der Waals surface area contributed by atoms with E-state index in [1.165, 1.54) is 6.42 Å². The standard InChI is InChI=1S/C26H22O5/c27-25(28)21-11-5-4-10-17(21)18-12-6-13-19-20-14-7-15-22(24(20)31-23(18)19)30-26(29)16-8-2-1-3-9-16/h4-7,10-16H,1-3,8-9H2,(H,27,28). The number of carboxylic acid groups (broad SMARTS) is 1. The largest absolute Gasteiger partial charge is 0.478 e. The van der Waals surface area contributed by atoms with Crippen LogP contribution in [0.1, 0.15) is 42.5 Å². The summed E-state index contributed by atoms with van der Waals surface area (Å²) < 4.78 is 12.0. The summed E-state index contributed by atoms with van der Waals surface area (Å²) in [5.41, 5.74) is 2.56. The van der Waals surface area contributed by atoms with E-state index in [0.717, 1.165) is 36.5 Å². The van der Waals surface area contributed by atoms with Crippen LogP contribution in [-0.4, -0.2) is 17.0 Å². The van der Waals surface area contributed by atoms with Crippen molar-refractivity contribution >= 4 is 33.9 Å². The fourth-order valence-corrected chi connectivity index (χ4v) is 4.52. The quantitative estimate of drug-likeness (QED) is 0.307. The number of carbonyl (C=O) groups is 2. The summed E-state index contributed by atoms with van der Waals surface area (Å²) in [6.07, 6.45) is 5.02. The van der Waals surface area contributed by atoms with Crippen molar-refractivity contribution in [1.29, 1.82) is 0 Å². The lowest BCUT2D eigenvalue weighted by Gasteiger charge is -2.19. The summed E-state index contributed by atoms with van der Waals surface area (Å²) in [4.78, 5) is 24.4. The highest BCUT2D eigenvalue weighted by Gasteiger charge is 2.25. The van der Waals surface area contributed by atoms with E-state index in [9.17, 15) is 14.7 Å². The second-order valence-corrected chi connectivity index (χ2v) is 8.02. The maximum atomic E-state index is 12.7. The fourth-order valence-electron chi connectivity index (χ4n) is 4.52. The van der Waals surface area contributed by atoms with Crippen LogP contribution in [0.2, 0.25) is 0 Å². The van der Waals surface area contributed by atoms with Crippen molar-refractivity contribution in [1.82, 2.24) is 0 Å². The highest BCUT2D eigenvalue weighted by Crippen LogP contribution is 2.40. The number of ether oxygens (including phenoxy) is 1. The third-order valence-electron chi connectivity index (χ3n) is 6.08. The van der Waals surface area contributed by atoms with Crippen LogP contribution in [0.25, 0.3) is 33.1 Å². The van der Waals surface area contributed by atoms with E-state index in [-0.39, 0.29) is 17.5 Å². The molecule has 1 fully saturated rings. The molecule has 3 aromatic carbocycles. The molecule has 1 heterocycles. The number of para-hydroxylation sites is 2. The van der Waals surface area contributed by atoms with Crippen molar-refractivity contribution in [2.45, 2.75) is 32.1 Å². The molecule has 0 amide bonds. The molecule has 5 heteroatoms. The summed E-state index contributed by atoms with van der Waals surface area (Å²) in [7, 11) is 0. The predicted molar refractivity (Wildman–Crippen MR) is 118 cm³/mol. The number of aromatic carboxylic acids is 1. The Labute approximate surface area is 179 Å². The first-order chi connectivity index (χ1) is 15.1. The maximum absolute atomic E-state index is 12.7. The summed E-state index contributed by atoms with van der Waals surface area (Å²) in [6.45, 7) is 0. The average Bonchev–Trinajstić information content (AvgIpc) is 3.19. The van der Waals surface area contributed by atoms with Crippen LogP contribution in [0.4, 0.5) is 0 Å². The second kappa shape index (κ2) is 7.91. The lowest BCUT2D eigenvalue weighted by molar-refractivity contribution is -0.139. The van der Waals surface area contributed by atoms with Gasteiger partial charge in [0.2, 0.25) is 0 Å². The van der Waals surface area contributed by atoms with Crippen LogP contribution >= 0.6 is 0 Å². The van der Waals surface area contributed by atoms with Gasteiger partial charge in [0.25, 0.3) is 0 Å². The van der Waals surface area contributed by atoms with Crippen LogP contribution < -0.4 is 4.74 Å². The number of rotatable bonds is 4. The number of fused-ring (bicyclic) bond motifs is 3. The van der Waals surface area contributed by atoms with Gasteiger partial charge in [-0.2, -0.15) is 0 Å². The molecule has 0 aliphatic heterocycles. The molecule has 5 nitrogen and oxygen atoms in total. The highest BCUT2D eigenvalue weighted by molar-refractivity contribution is 6.12. The Bertz CT molecular complexity index is 1290. The van der Waals surface area contributed by atoms with E-state index >= 15 is 0 Å². The van der Waals surface area contributed by atoms with Gasteiger partial charge >= 0.3 is 11.9 Å². The number of hydrogen-bond donors (Lipinski definition) is 1. The Morgan fingerprint density at radius 3 is 2.26 bits per heavy atom. The van der Waals surface area contributed by atoms with E-state index in [1.807, 2.05) is 30.3 Å². The van der Waals surface area contributed by atoms with Crippen LogP contribution in [0.5, 0.6) is 5.75 Å². The van der Waals surface area contributed by atoms with E-state index < -0.39 is 5.97 Å². The van der Waals surface area contributed by atoms with Crippen molar-refractivity contribution in [3.8, 4) is 16.9 Å². The van der Waals surface area contributed by atoms with Crippen LogP contribution in [0, 0.1) is 5.92 Å². The maximum Gasteiger partial charge on any atom is 0.336 e. The molecule has 4 aromatic rings. The van der Waals surface area contributed by atoms with Crippen molar-refractivity contribution in [3.05, 3.63) is 66.2 Å². The van der Waals surface area contributed by atoms with Gasteiger partial charge in [-0.1, -0.05) is 67.8 Å². The Morgan fingerprint density at radius 1 is 0.806 bits per heavy atom. The molecule has 31 heavy (non-hydrogen) atoms. The number of esters is 1. The second-order valence-electron chi connectivity index (χ2n) is 8.02. The topological polar surface area (TPSA) is 76.7 Å². The number of furan rings is 1. The molecule has 156 valence electrons. The number of hydrogen-bond acceptors (Lipinski definition) is 4. The third kappa shape index (κ3) is 3.46. The first-order valence-corrected chi connectivity index (χ1v) is 10.6. The molecule has 1 N–H and O–H groups in total. The van der Waals surface area contributed by atoms with Crippen molar-refractivity contribution < 1.29 is 23.8 Å². The Morgan fingerprint density at radius 2 is 1.48 bits per heavy atom. The van der Waals surface area contributed by atoms with Gasteiger partial charge in [-0.25, -0.2) is 4.79 Å². The Hall–Kier alpha value is -3.60. The van der Waals surface area contributed by atoms with Gasteiger partial charge in [-0.05, 0) is 30.5 Å². The van der Waals surface area contributed by atoms with E-state index in [4.69, 9.17) is 9.15 Å². The minimum atomic E-state index is -0.995. The van der Waals surface area contributed by atoms with Gasteiger partial charge < -0.3 is 14.3 Å². The summed E-state index contributed by atoms with van der Waals surface area (Å²) >= 11 is 0. The number of benzene rings is 3. The predicted octanol–water partition coefficient (Wildman–Crippen LogP) is 6.44. The normalized spacial score (nSPS) is 14.7. The number of carbonyl (C=O) groups excluding carboxylic acids is 1. The van der Waals surface area contributed by atoms with Crippen molar-refractivity contribution in [2.75, 3.05) is 0 Å². The molecule has 0 bridgehead atoms. The van der Waals surface area contributed by atoms with Gasteiger partial charge in [0, 0.05) is 16.3 Å². The first kappa shape index (κ1) is 19.4. The van der Waals surface area contributed by atoms with Crippen molar-refractivity contribution in [2.24, 2.45) is 5.92 Å². The van der Waals surface area contributed by atoms with E-state index in [2.05, 4.69) is 0 Å². The third-order valence-corrected chi connectivity index (χ3v) is 6.08. The molecule has 0 unspecified atom stereocenters. The van der Waals surface area contributed by atoms with Gasteiger partial charge in [0.15, 0.2) is 11.3 Å². The molecule has 5 rings (SSSR count). The van der Waals surface area contributed by atoms with Gasteiger partial charge in [0.1, 0.15) is 5.58 Å². The number of carboxylic acids is 1. The molecular formula is C26H22O5. The smallest absolute Gasteiger partial charge is 0.336 e.